The van der Waals surface area contributed by atoms with Gasteiger partial charge in [0.25, 0.3) is 0 Å². The van der Waals surface area contributed by atoms with E-state index in [1.54, 1.807) is 25.3 Å². The molecular weight excluding hydrogens is 252 g/mol. The van der Waals surface area contributed by atoms with Gasteiger partial charge in [-0.15, -0.1) is 0 Å². The molecule has 0 fully saturated rings. The molecular formula is C12H20N2O3S. The molecule has 1 aromatic carbocycles. The molecule has 1 atom stereocenters. The lowest BCUT2D eigenvalue weighted by atomic mass is 10.1. The largest absolute Gasteiger partial charge is 0.383 e. The van der Waals surface area contributed by atoms with Gasteiger partial charge in [0.1, 0.15) is 0 Å². The highest BCUT2D eigenvalue weighted by Crippen LogP contribution is 2.19. The first-order valence-corrected chi connectivity index (χ1v) is 7.08. The molecule has 5 nitrogen and oxygen atoms in total. The van der Waals surface area contributed by atoms with Crippen molar-refractivity contribution in [1.82, 2.24) is 4.31 Å². The standard InChI is InChI=1S/C12H20N2O3S/c1-14(2)18(15,16)12-7-5-4-6-10(12)8-11(13)9-17-3/h4-7,11H,8-9,13H2,1-3H3. The molecule has 0 heterocycles. The van der Waals surface area contributed by atoms with Gasteiger partial charge in [-0.25, -0.2) is 12.7 Å². The van der Waals surface area contributed by atoms with Crippen molar-refractivity contribution in [3.63, 3.8) is 0 Å². The molecule has 0 bridgehead atoms. The summed E-state index contributed by atoms with van der Waals surface area (Å²) in [7, 11) is 1.17. The maximum Gasteiger partial charge on any atom is 0.242 e. The second kappa shape index (κ2) is 6.29. The van der Waals surface area contributed by atoms with E-state index in [0.717, 1.165) is 5.56 Å². The van der Waals surface area contributed by atoms with Crippen molar-refractivity contribution in [2.45, 2.75) is 17.4 Å². The van der Waals surface area contributed by atoms with E-state index in [9.17, 15) is 8.42 Å². The minimum atomic E-state index is -3.43. The number of nitrogens with two attached hydrogens (primary N) is 1. The number of nitrogens with zero attached hydrogens (tertiary/aromatic N) is 1. The first-order chi connectivity index (χ1) is 8.39. The van der Waals surface area contributed by atoms with E-state index in [0.29, 0.717) is 17.9 Å². The van der Waals surface area contributed by atoms with Gasteiger partial charge in [-0.1, -0.05) is 18.2 Å². The summed E-state index contributed by atoms with van der Waals surface area (Å²) in [4.78, 5) is 0.307. The summed E-state index contributed by atoms with van der Waals surface area (Å²) in [5.74, 6) is 0. The van der Waals surface area contributed by atoms with Gasteiger partial charge in [0.05, 0.1) is 11.5 Å². The van der Waals surface area contributed by atoms with E-state index < -0.39 is 10.0 Å². The zero-order valence-corrected chi connectivity index (χ0v) is 11.8. The van der Waals surface area contributed by atoms with Crippen LogP contribution in [0.25, 0.3) is 0 Å². The molecule has 0 saturated carbocycles. The third kappa shape index (κ3) is 3.52. The molecule has 2 N–H and O–H groups in total. The third-order valence-electron chi connectivity index (χ3n) is 2.59. The van der Waals surface area contributed by atoms with Gasteiger partial charge < -0.3 is 10.5 Å². The van der Waals surface area contributed by atoms with Crippen molar-refractivity contribution >= 4 is 10.0 Å². The summed E-state index contributed by atoms with van der Waals surface area (Å²) in [6.07, 6.45) is 0.469. The van der Waals surface area contributed by atoms with Crippen molar-refractivity contribution in [3.8, 4) is 0 Å². The quantitative estimate of drug-likeness (QED) is 0.816. The Bertz CT molecular complexity index is 486. The van der Waals surface area contributed by atoms with Crippen LogP contribution in [0.1, 0.15) is 5.56 Å². The van der Waals surface area contributed by atoms with Crippen molar-refractivity contribution in [1.29, 1.82) is 0 Å². The second-order valence-corrected chi connectivity index (χ2v) is 6.43. The van der Waals surface area contributed by atoms with Crippen LogP contribution in [0.4, 0.5) is 0 Å². The van der Waals surface area contributed by atoms with Crippen LogP contribution in [0.5, 0.6) is 0 Å². The minimum absolute atomic E-state index is 0.214. The molecule has 0 radical (unpaired) electrons. The first-order valence-electron chi connectivity index (χ1n) is 5.64. The van der Waals surface area contributed by atoms with Crippen LogP contribution in [0, 0.1) is 0 Å². The van der Waals surface area contributed by atoms with Gasteiger partial charge in [0.15, 0.2) is 0 Å². The summed E-state index contributed by atoms with van der Waals surface area (Å²) in [6.45, 7) is 0.399. The SMILES string of the molecule is COCC(N)Cc1ccccc1S(=O)(=O)N(C)C. The summed E-state index contributed by atoms with van der Waals surface area (Å²) >= 11 is 0. The lowest BCUT2D eigenvalue weighted by Crippen LogP contribution is -2.30. The number of hydrogen-bond acceptors (Lipinski definition) is 4. The monoisotopic (exact) mass is 272 g/mol. The Morgan fingerprint density at radius 1 is 1.33 bits per heavy atom. The van der Waals surface area contributed by atoms with Crippen LogP contribution in [-0.4, -0.2) is 46.6 Å². The van der Waals surface area contributed by atoms with Crippen LogP contribution >= 0.6 is 0 Å². The molecule has 0 spiro atoms. The molecule has 0 amide bonds. The molecule has 0 aliphatic heterocycles. The lowest BCUT2D eigenvalue weighted by Gasteiger charge is -2.17. The normalized spacial score (nSPS) is 13.8. The van der Waals surface area contributed by atoms with E-state index in [2.05, 4.69) is 0 Å². The summed E-state index contributed by atoms with van der Waals surface area (Å²) in [5.41, 5.74) is 6.59. The number of rotatable bonds is 6. The minimum Gasteiger partial charge on any atom is -0.383 e. The Kier molecular flexibility index (Phi) is 5.28. The molecule has 1 unspecified atom stereocenters. The zero-order chi connectivity index (χ0) is 13.8. The number of hydrogen-bond donors (Lipinski definition) is 1. The molecule has 102 valence electrons. The van der Waals surface area contributed by atoms with Gasteiger partial charge in [-0.3, -0.25) is 0 Å². The molecule has 0 aromatic heterocycles. The fourth-order valence-corrected chi connectivity index (χ4v) is 2.80. The smallest absolute Gasteiger partial charge is 0.242 e. The number of sulfonamides is 1. The topological polar surface area (TPSA) is 72.6 Å². The maximum atomic E-state index is 12.1. The van der Waals surface area contributed by atoms with Crippen molar-refractivity contribution in [3.05, 3.63) is 29.8 Å². The first kappa shape index (κ1) is 15.1. The summed E-state index contributed by atoms with van der Waals surface area (Å²) < 4.78 is 30.5. The number of benzene rings is 1. The Labute approximate surface area is 109 Å². The van der Waals surface area contributed by atoms with Crippen LogP contribution in [-0.2, 0) is 21.2 Å². The van der Waals surface area contributed by atoms with E-state index in [1.807, 2.05) is 6.07 Å². The lowest BCUT2D eigenvalue weighted by molar-refractivity contribution is 0.180. The molecule has 0 aliphatic carbocycles. The second-order valence-electron chi connectivity index (χ2n) is 4.31. The molecule has 6 heteroatoms. The number of methoxy groups -OCH3 is 1. The van der Waals surface area contributed by atoms with Crippen LogP contribution in [0.2, 0.25) is 0 Å². The fraction of sp³-hybridized carbons (Fsp3) is 0.500. The molecule has 18 heavy (non-hydrogen) atoms. The summed E-state index contributed by atoms with van der Waals surface area (Å²) in [5, 5.41) is 0. The number of ether oxygens (including phenoxy) is 1. The highest BCUT2D eigenvalue weighted by Gasteiger charge is 2.21. The van der Waals surface area contributed by atoms with Gasteiger partial charge in [0, 0.05) is 27.2 Å². The highest BCUT2D eigenvalue weighted by molar-refractivity contribution is 7.89. The Hall–Kier alpha value is -0.950. The zero-order valence-electron chi connectivity index (χ0n) is 11.0. The van der Waals surface area contributed by atoms with Crippen molar-refractivity contribution in [2.75, 3.05) is 27.8 Å². The molecule has 0 saturated heterocycles. The molecule has 1 rings (SSSR count). The van der Waals surface area contributed by atoms with Crippen LogP contribution < -0.4 is 5.73 Å². The molecule has 1 aromatic rings. The van der Waals surface area contributed by atoms with Gasteiger partial charge in [-0.2, -0.15) is 0 Å². The Morgan fingerprint density at radius 2 is 1.94 bits per heavy atom. The summed E-state index contributed by atoms with van der Waals surface area (Å²) in [6, 6.07) is 6.69. The van der Waals surface area contributed by atoms with E-state index in [1.165, 1.54) is 18.4 Å². The fourth-order valence-electron chi connectivity index (χ4n) is 1.68. The Balaban J connectivity index is 3.08. The Morgan fingerprint density at radius 3 is 2.50 bits per heavy atom. The van der Waals surface area contributed by atoms with E-state index in [-0.39, 0.29) is 6.04 Å². The van der Waals surface area contributed by atoms with E-state index in [4.69, 9.17) is 10.5 Å². The van der Waals surface area contributed by atoms with E-state index >= 15 is 0 Å². The third-order valence-corrected chi connectivity index (χ3v) is 4.51. The van der Waals surface area contributed by atoms with Crippen molar-refractivity contribution < 1.29 is 13.2 Å². The predicted octanol–water partition coefficient (Wildman–Crippen LogP) is 0.453. The van der Waals surface area contributed by atoms with Gasteiger partial charge in [0.2, 0.25) is 10.0 Å². The highest BCUT2D eigenvalue weighted by atomic mass is 32.2. The average molecular weight is 272 g/mol. The van der Waals surface area contributed by atoms with Gasteiger partial charge in [-0.05, 0) is 18.1 Å². The predicted molar refractivity (Wildman–Crippen MR) is 70.9 cm³/mol. The van der Waals surface area contributed by atoms with Crippen LogP contribution in [0.15, 0.2) is 29.2 Å². The maximum absolute atomic E-state index is 12.1. The molecule has 0 aliphatic rings. The van der Waals surface area contributed by atoms with Crippen molar-refractivity contribution in [2.24, 2.45) is 5.73 Å². The van der Waals surface area contributed by atoms with Gasteiger partial charge >= 0.3 is 0 Å². The average Bonchev–Trinajstić information content (AvgIpc) is 2.29. The van der Waals surface area contributed by atoms with Crippen LogP contribution in [0.3, 0.4) is 0 Å².